The first-order valence-electron chi connectivity index (χ1n) is 11.4. The van der Waals surface area contributed by atoms with Crippen molar-refractivity contribution in [2.75, 3.05) is 6.61 Å². The highest BCUT2D eigenvalue weighted by atomic mass is 16.3. The highest BCUT2D eigenvalue weighted by Gasteiger charge is 2.58. The number of aliphatic hydroxyl groups is 2. The van der Waals surface area contributed by atoms with E-state index in [0.717, 1.165) is 54.8 Å². The molecule has 0 aliphatic heterocycles. The molecule has 2 heteroatoms. The van der Waals surface area contributed by atoms with Gasteiger partial charge in [-0.3, -0.25) is 0 Å². The second-order valence-corrected chi connectivity index (χ2v) is 10.8. The van der Waals surface area contributed by atoms with Crippen LogP contribution in [-0.2, 0) is 0 Å². The topological polar surface area (TPSA) is 40.5 Å². The first-order chi connectivity index (χ1) is 12.4. The number of fused-ring (bicyclic) bond motifs is 5. The van der Waals surface area contributed by atoms with Crippen molar-refractivity contribution in [2.45, 2.75) is 84.7 Å². The fourth-order valence-corrected chi connectivity index (χ4v) is 8.16. The Balaban J connectivity index is 1.58. The van der Waals surface area contributed by atoms with E-state index in [4.69, 9.17) is 0 Å². The van der Waals surface area contributed by atoms with Crippen LogP contribution in [0.5, 0.6) is 0 Å². The molecule has 0 saturated heterocycles. The molecule has 0 radical (unpaired) electrons. The fourth-order valence-electron chi connectivity index (χ4n) is 8.16. The van der Waals surface area contributed by atoms with Crippen LogP contribution in [0, 0.1) is 46.3 Å². The van der Waals surface area contributed by atoms with E-state index in [1.54, 1.807) is 0 Å². The molecule has 0 amide bonds. The lowest BCUT2D eigenvalue weighted by Gasteiger charge is -2.58. The number of allylic oxidation sites excluding steroid dienone is 2. The lowest BCUT2D eigenvalue weighted by atomic mass is 9.46. The molecule has 0 spiro atoms. The van der Waals surface area contributed by atoms with Gasteiger partial charge >= 0.3 is 0 Å². The van der Waals surface area contributed by atoms with Gasteiger partial charge in [-0.05, 0) is 104 Å². The second-order valence-electron chi connectivity index (χ2n) is 10.8. The molecule has 0 heterocycles. The molecule has 4 aliphatic carbocycles. The minimum absolute atomic E-state index is 0.0503. The Kier molecular flexibility index (Phi) is 5.06. The van der Waals surface area contributed by atoms with Crippen LogP contribution in [0.25, 0.3) is 0 Å². The maximum atomic E-state index is 10.2. The van der Waals surface area contributed by atoms with Gasteiger partial charge in [0.15, 0.2) is 0 Å². The molecule has 0 aromatic carbocycles. The van der Waals surface area contributed by atoms with E-state index in [1.807, 2.05) is 0 Å². The predicted molar refractivity (Wildman–Crippen MR) is 107 cm³/mol. The maximum Gasteiger partial charge on any atom is 0.0543 e. The molecule has 26 heavy (non-hydrogen) atoms. The van der Waals surface area contributed by atoms with Crippen molar-refractivity contribution in [1.29, 1.82) is 0 Å². The van der Waals surface area contributed by atoms with Crippen molar-refractivity contribution < 1.29 is 10.2 Å². The summed E-state index contributed by atoms with van der Waals surface area (Å²) in [5.41, 5.74) is 0.786. The Labute approximate surface area is 160 Å². The molecular formula is C24H40O2. The molecule has 148 valence electrons. The second kappa shape index (κ2) is 6.92. The summed E-state index contributed by atoms with van der Waals surface area (Å²) in [5, 5.41) is 19.4. The van der Waals surface area contributed by atoms with E-state index in [0.29, 0.717) is 17.4 Å². The van der Waals surface area contributed by atoms with Gasteiger partial charge in [0.2, 0.25) is 0 Å². The number of hydrogen-bond donors (Lipinski definition) is 2. The lowest BCUT2D eigenvalue weighted by Crippen LogP contribution is -2.52. The van der Waals surface area contributed by atoms with E-state index in [1.165, 1.54) is 38.5 Å². The summed E-state index contributed by atoms with van der Waals surface area (Å²) in [6.45, 7) is 7.86. The van der Waals surface area contributed by atoms with Crippen molar-refractivity contribution in [2.24, 2.45) is 46.3 Å². The first kappa shape index (κ1) is 19.0. The highest BCUT2D eigenvalue weighted by molar-refractivity contribution is 5.20. The van der Waals surface area contributed by atoms with Crippen LogP contribution in [0.15, 0.2) is 12.2 Å². The van der Waals surface area contributed by atoms with Crippen molar-refractivity contribution in [3.63, 3.8) is 0 Å². The smallest absolute Gasteiger partial charge is 0.0543 e. The van der Waals surface area contributed by atoms with E-state index in [9.17, 15) is 10.2 Å². The van der Waals surface area contributed by atoms with Crippen LogP contribution in [0.1, 0.15) is 78.6 Å². The Morgan fingerprint density at radius 1 is 1.12 bits per heavy atom. The average molecular weight is 361 g/mol. The van der Waals surface area contributed by atoms with Gasteiger partial charge in [-0.2, -0.15) is 0 Å². The van der Waals surface area contributed by atoms with Gasteiger partial charge in [-0.1, -0.05) is 32.9 Å². The van der Waals surface area contributed by atoms with Gasteiger partial charge in [0.1, 0.15) is 0 Å². The Hall–Kier alpha value is -0.340. The van der Waals surface area contributed by atoms with Crippen LogP contribution >= 0.6 is 0 Å². The Morgan fingerprint density at radius 2 is 1.92 bits per heavy atom. The molecule has 2 nitrogen and oxygen atoms in total. The molecule has 9 atom stereocenters. The zero-order chi connectivity index (χ0) is 18.5. The summed E-state index contributed by atoms with van der Waals surface area (Å²) >= 11 is 0. The van der Waals surface area contributed by atoms with Crippen LogP contribution in [0.2, 0.25) is 0 Å². The minimum Gasteiger partial charge on any atom is -0.396 e. The molecular weight excluding hydrogens is 320 g/mol. The van der Waals surface area contributed by atoms with E-state index < -0.39 is 0 Å². The Bertz CT molecular complexity index is 542. The Morgan fingerprint density at radius 3 is 2.69 bits per heavy atom. The predicted octanol–water partition coefficient (Wildman–Crippen LogP) is 5.19. The highest BCUT2D eigenvalue weighted by Crippen LogP contribution is 2.66. The molecule has 4 aliphatic rings. The zero-order valence-electron chi connectivity index (χ0n) is 17.2. The molecule has 4 rings (SSSR count). The summed E-state index contributed by atoms with van der Waals surface area (Å²) < 4.78 is 0. The monoisotopic (exact) mass is 360 g/mol. The molecule has 0 aromatic heterocycles. The summed E-state index contributed by atoms with van der Waals surface area (Å²) in [7, 11) is 0. The largest absolute Gasteiger partial charge is 0.396 e. The maximum absolute atomic E-state index is 10.2. The average Bonchev–Trinajstić information content (AvgIpc) is 2.97. The van der Waals surface area contributed by atoms with E-state index in [2.05, 4.69) is 32.9 Å². The molecule has 3 fully saturated rings. The molecule has 0 unspecified atom stereocenters. The first-order valence-corrected chi connectivity index (χ1v) is 11.4. The van der Waals surface area contributed by atoms with Crippen molar-refractivity contribution >= 4 is 0 Å². The lowest BCUT2D eigenvalue weighted by molar-refractivity contribution is -0.0822. The third-order valence-corrected chi connectivity index (χ3v) is 9.65. The molecule has 3 saturated carbocycles. The van der Waals surface area contributed by atoms with E-state index >= 15 is 0 Å². The minimum atomic E-state index is -0.0503. The molecule has 0 aromatic rings. The number of hydrogen-bond acceptors (Lipinski definition) is 2. The fraction of sp³-hybridized carbons (Fsp3) is 0.917. The standard InChI is InChI=1S/C24H40O2/c1-16(5-4-14-25)20-8-9-21-19-7-6-17-15-18(26)10-12-23(17,2)22(19)11-13-24(20,21)3/h11,13,16-22,25-26H,4-10,12,14-15H2,1-3H3/t16-,17+,18-,19+,20+,21-,22-,23+,24+/m1/s1. The summed E-state index contributed by atoms with van der Waals surface area (Å²) in [5.74, 6) is 4.67. The van der Waals surface area contributed by atoms with Crippen LogP contribution in [-0.4, -0.2) is 22.9 Å². The van der Waals surface area contributed by atoms with Gasteiger partial charge in [0.25, 0.3) is 0 Å². The van der Waals surface area contributed by atoms with Gasteiger partial charge in [0.05, 0.1) is 6.10 Å². The summed E-state index contributed by atoms with van der Waals surface area (Å²) in [4.78, 5) is 0. The quantitative estimate of drug-likeness (QED) is 0.677. The third kappa shape index (κ3) is 2.82. The van der Waals surface area contributed by atoms with Gasteiger partial charge < -0.3 is 10.2 Å². The van der Waals surface area contributed by atoms with Crippen molar-refractivity contribution in [3.8, 4) is 0 Å². The molecule has 2 N–H and O–H groups in total. The van der Waals surface area contributed by atoms with Crippen LogP contribution in [0.4, 0.5) is 0 Å². The van der Waals surface area contributed by atoms with Crippen LogP contribution in [0.3, 0.4) is 0 Å². The normalized spacial score (nSPS) is 51.4. The number of rotatable bonds is 4. The van der Waals surface area contributed by atoms with Crippen molar-refractivity contribution in [3.05, 3.63) is 12.2 Å². The number of aliphatic hydroxyl groups excluding tert-OH is 2. The SMILES string of the molecule is C[C@H](CCCO)[C@@H]1CC[C@@H]2[C@@H]3CC[C@H]4C[C@H](O)CC[C@]4(C)[C@@H]3C=C[C@]21C. The summed E-state index contributed by atoms with van der Waals surface area (Å²) in [6.07, 6.45) is 16.1. The van der Waals surface area contributed by atoms with E-state index in [-0.39, 0.29) is 6.10 Å². The van der Waals surface area contributed by atoms with Crippen LogP contribution < -0.4 is 0 Å². The zero-order valence-corrected chi connectivity index (χ0v) is 17.2. The third-order valence-electron chi connectivity index (χ3n) is 9.65. The van der Waals surface area contributed by atoms with Crippen molar-refractivity contribution in [1.82, 2.24) is 0 Å². The van der Waals surface area contributed by atoms with Gasteiger partial charge in [-0.25, -0.2) is 0 Å². The summed E-state index contributed by atoms with van der Waals surface area (Å²) in [6, 6.07) is 0. The van der Waals surface area contributed by atoms with Gasteiger partial charge in [0, 0.05) is 6.61 Å². The van der Waals surface area contributed by atoms with Gasteiger partial charge in [-0.15, -0.1) is 0 Å². The molecule has 0 bridgehead atoms.